The Bertz CT molecular complexity index is 500. The minimum absolute atomic E-state index is 0.199. The van der Waals surface area contributed by atoms with Crippen molar-refractivity contribution in [1.82, 2.24) is 15.3 Å². The van der Waals surface area contributed by atoms with E-state index in [-0.39, 0.29) is 18.6 Å². The van der Waals surface area contributed by atoms with Gasteiger partial charge in [0.1, 0.15) is 5.01 Å². The maximum absolute atomic E-state index is 9.09. The summed E-state index contributed by atoms with van der Waals surface area (Å²) in [5.74, 6) is 0.244. The summed E-state index contributed by atoms with van der Waals surface area (Å²) in [5, 5.41) is 15.5. The molecule has 0 fully saturated rings. The van der Waals surface area contributed by atoms with Gasteiger partial charge in [0.05, 0.1) is 11.4 Å². The Hall–Kier alpha value is -1.30. The molecular formula is C14H19N3OS. The van der Waals surface area contributed by atoms with Gasteiger partial charge in [-0.3, -0.25) is 4.98 Å². The van der Waals surface area contributed by atoms with Crippen LogP contribution in [0.25, 0.3) is 10.7 Å². The number of hydrogen-bond donors (Lipinski definition) is 2. The number of thiazole rings is 1. The third-order valence-electron chi connectivity index (χ3n) is 3.18. The standard InChI is InChI=1S/C14H19N3OS/c1-10(8-18)11(2)16-7-12-9-19-14(17-12)13-5-3-4-6-15-13/h3-6,9-11,16,18H,7-8H2,1-2H3. The first-order valence-electron chi connectivity index (χ1n) is 6.40. The van der Waals surface area contributed by atoms with Crippen LogP contribution in [0.2, 0.25) is 0 Å². The lowest BCUT2D eigenvalue weighted by Gasteiger charge is -2.18. The highest BCUT2D eigenvalue weighted by molar-refractivity contribution is 7.13. The van der Waals surface area contributed by atoms with Crippen LogP contribution in [0.3, 0.4) is 0 Å². The van der Waals surface area contributed by atoms with E-state index in [4.69, 9.17) is 5.11 Å². The zero-order valence-corrected chi connectivity index (χ0v) is 12.0. The van der Waals surface area contributed by atoms with Gasteiger partial charge in [-0.25, -0.2) is 4.98 Å². The topological polar surface area (TPSA) is 58.0 Å². The minimum atomic E-state index is 0.199. The maximum atomic E-state index is 9.09. The van der Waals surface area contributed by atoms with Crippen LogP contribution in [0.15, 0.2) is 29.8 Å². The summed E-state index contributed by atoms with van der Waals surface area (Å²) in [6, 6.07) is 6.10. The molecule has 0 saturated heterocycles. The molecule has 0 aliphatic heterocycles. The van der Waals surface area contributed by atoms with E-state index in [1.165, 1.54) is 0 Å². The number of rotatable bonds is 6. The van der Waals surface area contributed by atoms with E-state index >= 15 is 0 Å². The Morgan fingerprint density at radius 3 is 2.89 bits per heavy atom. The minimum Gasteiger partial charge on any atom is -0.396 e. The predicted molar refractivity (Wildman–Crippen MR) is 77.9 cm³/mol. The lowest BCUT2D eigenvalue weighted by atomic mass is 10.1. The Morgan fingerprint density at radius 2 is 2.21 bits per heavy atom. The third kappa shape index (κ3) is 3.83. The van der Waals surface area contributed by atoms with Gasteiger partial charge in [-0.15, -0.1) is 11.3 Å². The van der Waals surface area contributed by atoms with E-state index in [0.29, 0.717) is 0 Å². The van der Waals surface area contributed by atoms with Gasteiger partial charge in [0.15, 0.2) is 0 Å². The molecule has 2 aromatic heterocycles. The second-order valence-electron chi connectivity index (χ2n) is 4.69. The molecule has 2 N–H and O–H groups in total. The van der Waals surface area contributed by atoms with E-state index in [0.717, 1.165) is 22.9 Å². The number of aliphatic hydroxyl groups excluding tert-OH is 1. The van der Waals surface area contributed by atoms with Crippen LogP contribution < -0.4 is 5.32 Å². The molecule has 4 nitrogen and oxygen atoms in total. The lowest BCUT2D eigenvalue weighted by molar-refractivity contribution is 0.207. The van der Waals surface area contributed by atoms with Crippen LogP contribution in [0.4, 0.5) is 0 Å². The first kappa shape index (κ1) is 14.1. The Morgan fingerprint density at radius 1 is 1.37 bits per heavy atom. The summed E-state index contributed by atoms with van der Waals surface area (Å²) in [7, 11) is 0. The van der Waals surface area contributed by atoms with Crippen molar-refractivity contribution in [2.75, 3.05) is 6.61 Å². The molecule has 0 radical (unpaired) electrons. The van der Waals surface area contributed by atoms with E-state index in [2.05, 4.69) is 22.2 Å². The van der Waals surface area contributed by atoms with Crippen molar-refractivity contribution in [3.63, 3.8) is 0 Å². The highest BCUT2D eigenvalue weighted by Crippen LogP contribution is 2.21. The van der Waals surface area contributed by atoms with Gasteiger partial charge in [-0.05, 0) is 25.0 Å². The Balaban J connectivity index is 1.95. The normalized spacial score (nSPS) is 14.3. The van der Waals surface area contributed by atoms with Crippen molar-refractivity contribution in [3.8, 4) is 10.7 Å². The second-order valence-corrected chi connectivity index (χ2v) is 5.55. The van der Waals surface area contributed by atoms with Crippen molar-refractivity contribution in [3.05, 3.63) is 35.5 Å². The fourth-order valence-corrected chi connectivity index (χ4v) is 2.42. The van der Waals surface area contributed by atoms with Crippen LogP contribution in [0.5, 0.6) is 0 Å². The average molecular weight is 277 g/mol. The SMILES string of the molecule is CC(CO)C(C)NCc1csc(-c2ccccn2)n1. The quantitative estimate of drug-likeness (QED) is 0.850. The second kappa shape index (κ2) is 6.75. The molecule has 19 heavy (non-hydrogen) atoms. The number of nitrogens with one attached hydrogen (secondary N) is 1. The number of aliphatic hydroxyl groups is 1. The summed E-state index contributed by atoms with van der Waals surface area (Å²) in [5.41, 5.74) is 1.93. The van der Waals surface area contributed by atoms with E-state index < -0.39 is 0 Å². The molecule has 0 amide bonds. The van der Waals surface area contributed by atoms with Crippen molar-refractivity contribution >= 4 is 11.3 Å². The number of nitrogens with zero attached hydrogens (tertiary/aromatic N) is 2. The molecule has 0 aliphatic rings. The molecule has 0 bridgehead atoms. The van der Waals surface area contributed by atoms with Gasteiger partial charge < -0.3 is 10.4 Å². The van der Waals surface area contributed by atoms with E-state index in [9.17, 15) is 0 Å². The van der Waals surface area contributed by atoms with Gasteiger partial charge in [0.2, 0.25) is 0 Å². The zero-order chi connectivity index (χ0) is 13.7. The molecule has 0 aromatic carbocycles. The highest BCUT2D eigenvalue weighted by atomic mass is 32.1. The van der Waals surface area contributed by atoms with Crippen molar-refractivity contribution < 1.29 is 5.11 Å². The molecule has 0 spiro atoms. The van der Waals surface area contributed by atoms with Crippen molar-refractivity contribution in [1.29, 1.82) is 0 Å². The molecule has 2 rings (SSSR count). The van der Waals surface area contributed by atoms with Gasteiger partial charge in [0, 0.05) is 30.8 Å². The smallest absolute Gasteiger partial charge is 0.142 e. The van der Waals surface area contributed by atoms with Gasteiger partial charge in [-0.2, -0.15) is 0 Å². The Labute approximate surface area is 117 Å². The number of aromatic nitrogens is 2. The van der Waals surface area contributed by atoms with Crippen LogP contribution >= 0.6 is 11.3 Å². The van der Waals surface area contributed by atoms with Gasteiger partial charge >= 0.3 is 0 Å². The van der Waals surface area contributed by atoms with Crippen LogP contribution in [0.1, 0.15) is 19.5 Å². The maximum Gasteiger partial charge on any atom is 0.142 e. The Kier molecular flexibility index (Phi) is 5.01. The molecule has 0 aliphatic carbocycles. The average Bonchev–Trinajstić information content (AvgIpc) is 2.93. The van der Waals surface area contributed by atoms with Crippen LogP contribution in [-0.2, 0) is 6.54 Å². The summed E-state index contributed by atoms with van der Waals surface area (Å²) in [6.07, 6.45) is 1.78. The first-order chi connectivity index (χ1) is 9.20. The summed E-state index contributed by atoms with van der Waals surface area (Å²) in [4.78, 5) is 8.86. The first-order valence-corrected chi connectivity index (χ1v) is 7.28. The van der Waals surface area contributed by atoms with E-state index in [1.54, 1.807) is 17.5 Å². The molecule has 2 unspecified atom stereocenters. The molecule has 0 saturated carbocycles. The molecule has 2 atom stereocenters. The summed E-state index contributed by atoms with van der Waals surface area (Å²) < 4.78 is 0. The molecule has 2 heterocycles. The summed E-state index contributed by atoms with van der Waals surface area (Å²) in [6.45, 7) is 5.02. The highest BCUT2D eigenvalue weighted by Gasteiger charge is 2.11. The molecule has 2 aromatic rings. The number of pyridine rings is 1. The molecular weight excluding hydrogens is 258 g/mol. The monoisotopic (exact) mass is 277 g/mol. The summed E-state index contributed by atoms with van der Waals surface area (Å²) >= 11 is 1.61. The fourth-order valence-electron chi connectivity index (χ4n) is 1.62. The zero-order valence-electron chi connectivity index (χ0n) is 11.2. The number of hydrogen-bond acceptors (Lipinski definition) is 5. The third-order valence-corrected chi connectivity index (χ3v) is 4.10. The molecule has 5 heteroatoms. The molecule has 102 valence electrons. The van der Waals surface area contributed by atoms with Crippen molar-refractivity contribution in [2.24, 2.45) is 5.92 Å². The van der Waals surface area contributed by atoms with E-state index in [1.807, 2.05) is 30.5 Å². The van der Waals surface area contributed by atoms with Gasteiger partial charge in [0.25, 0.3) is 0 Å². The predicted octanol–water partition coefficient (Wildman–Crippen LogP) is 2.31. The van der Waals surface area contributed by atoms with Crippen LogP contribution in [-0.4, -0.2) is 27.7 Å². The fraction of sp³-hybridized carbons (Fsp3) is 0.429. The largest absolute Gasteiger partial charge is 0.396 e. The van der Waals surface area contributed by atoms with Crippen molar-refractivity contribution in [2.45, 2.75) is 26.4 Å². The van der Waals surface area contributed by atoms with Crippen LogP contribution in [0, 0.1) is 5.92 Å². The van der Waals surface area contributed by atoms with Gasteiger partial charge in [-0.1, -0.05) is 13.0 Å². The lowest BCUT2D eigenvalue weighted by Crippen LogP contribution is -2.33.